The standard InChI is InChI=1S/C23H21NO2/c1-17-6-3-4-8-22(17)26-23(25)18(2)14-19-9-11-20(12-10-19)15-21-7-5-13-24-16-21/h3-14,16H,15H2,1-2H3. The van der Waals surface area contributed by atoms with Gasteiger partial charge in [0.25, 0.3) is 0 Å². The summed E-state index contributed by atoms with van der Waals surface area (Å²) in [6, 6.07) is 19.7. The molecule has 0 unspecified atom stereocenters. The number of carbonyl (C=O) groups is 1. The van der Waals surface area contributed by atoms with E-state index in [1.807, 2.05) is 55.6 Å². The van der Waals surface area contributed by atoms with Crippen molar-refractivity contribution in [1.29, 1.82) is 0 Å². The van der Waals surface area contributed by atoms with Gasteiger partial charge in [0.05, 0.1) is 0 Å². The van der Waals surface area contributed by atoms with Crippen LogP contribution in [0.2, 0.25) is 0 Å². The molecule has 0 saturated heterocycles. The number of hydrogen-bond donors (Lipinski definition) is 0. The van der Waals surface area contributed by atoms with Crippen molar-refractivity contribution >= 4 is 12.0 Å². The van der Waals surface area contributed by atoms with Gasteiger partial charge in [0.1, 0.15) is 5.75 Å². The van der Waals surface area contributed by atoms with Crippen molar-refractivity contribution in [2.24, 2.45) is 0 Å². The number of pyridine rings is 1. The van der Waals surface area contributed by atoms with E-state index in [0.717, 1.165) is 17.5 Å². The van der Waals surface area contributed by atoms with Gasteiger partial charge in [-0.1, -0.05) is 48.5 Å². The lowest BCUT2D eigenvalue weighted by Crippen LogP contribution is -2.09. The zero-order valence-electron chi connectivity index (χ0n) is 15.0. The summed E-state index contributed by atoms with van der Waals surface area (Å²) >= 11 is 0. The summed E-state index contributed by atoms with van der Waals surface area (Å²) in [4.78, 5) is 16.4. The number of nitrogens with zero attached hydrogens (tertiary/aromatic N) is 1. The number of aryl methyl sites for hydroxylation is 1. The number of rotatable bonds is 5. The SMILES string of the molecule is CC(=Cc1ccc(Cc2cccnc2)cc1)C(=O)Oc1ccccc1C. The number of hydrogen-bond acceptors (Lipinski definition) is 3. The third-order valence-electron chi connectivity index (χ3n) is 4.11. The summed E-state index contributed by atoms with van der Waals surface area (Å²) in [5, 5.41) is 0. The molecule has 0 bridgehead atoms. The molecule has 0 atom stereocenters. The highest BCUT2D eigenvalue weighted by atomic mass is 16.5. The summed E-state index contributed by atoms with van der Waals surface area (Å²) in [6.45, 7) is 3.69. The van der Waals surface area contributed by atoms with Gasteiger partial charge in [0.15, 0.2) is 0 Å². The minimum atomic E-state index is -0.335. The van der Waals surface area contributed by atoms with Crippen LogP contribution in [0.3, 0.4) is 0 Å². The second-order valence-electron chi connectivity index (χ2n) is 6.26. The van der Waals surface area contributed by atoms with E-state index < -0.39 is 0 Å². The lowest BCUT2D eigenvalue weighted by Gasteiger charge is -2.07. The molecule has 0 radical (unpaired) electrons. The van der Waals surface area contributed by atoms with Crippen molar-refractivity contribution in [2.45, 2.75) is 20.3 Å². The minimum absolute atomic E-state index is 0.335. The predicted octanol–water partition coefficient (Wildman–Crippen LogP) is 4.99. The van der Waals surface area contributed by atoms with Gasteiger partial charge < -0.3 is 4.74 Å². The van der Waals surface area contributed by atoms with Gasteiger partial charge in [-0.15, -0.1) is 0 Å². The van der Waals surface area contributed by atoms with Gasteiger partial charge in [0.2, 0.25) is 0 Å². The van der Waals surface area contributed by atoms with E-state index >= 15 is 0 Å². The summed E-state index contributed by atoms with van der Waals surface area (Å²) in [7, 11) is 0. The highest BCUT2D eigenvalue weighted by molar-refractivity contribution is 5.94. The molecule has 0 N–H and O–H groups in total. The quantitative estimate of drug-likeness (QED) is 0.372. The molecule has 0 saturated carbocycles. The number of aromatic nitrogens is 1. The molecule has 3 nitrogen and oxygen atoms in total. The number of ether oxygens (including phenoxy) is 1. The van der Waals surface area contributed by atoms with Crippen LogP contribution in [0.5, 0.6) is 5.75 Å². The molecule has 2 aromatic carbocycles. The molecule has 0 fully saturated rings. The molecule has 1 aromatic heterocycles. The van der Waals surface area contributed by atoms with E-state index in [9.17, 15) is 4.79 Å². The molecule has 3 aromatic rings. The molecule has 0 amide bonds. The van der Waals surface area contributed by atoms with Gasteiger partial charge in [-0.2, -0.15) is 0 Å². The van der Waals surface area contributed by atoms with Crippen molar-refractivity contribution in [3.63, 3.8) is 0 Å². The summed E-state index contributed by atoms with van der Waals surface area (Å²) < 4.78 is 5.47. The van der Waals surface area contributed by atoms with Gasteiger partial charge in [-0.25, -0.2) is 4.79 Å². The maximum atomic E-state index is 12.3. The Morgan fingerprint density at radius 3 is 2.46 bits per heavy atom. The van der Waals surface area contributed by atoms with Crippen molar-refractivity contribution in [3.8, 4) is 5.75 Å². The molecule has 0 aliphatic heterocycles. The highest BCUT2D eigenvalue weighted by Gasteiger charge is 2.09. The molecule has 0 aliphatic carbocycles. The van der Waals surface area contributed by atoms with Crippen LogP contribution in [-0.2, 0) is 11.2 Å². The summed E-state index contributed by atoms with van der Waals surface area (Å²) in [5.41, 5.74) is 4.85. The van der Waals surface area contributed by atoms with Gasteiger partial charge in [-0.05, 0) is 60.7 Å². The van der Waals surface area contributed by atoms with Gasteiger partial charge >= 0.3 is 5.97 Å². The molecule has 3 heteroatoms. The second-order valence-corrected chi connectivity index (χ2v) is 6.26. The van der Waals surface area contributed by atoms with E-state index in [1.54, 1.807) is 19.2 Å². The van der Waals surface area contributed by atoms with Crippen LogP contribution in [0.15, 0.2) is 78.6 Å². The van der Waals surface area contributed by atoms with E-state index in [4.69, 9.17) is 4.74 Å². The highest BCUT2D eigenvalue weighted by Crippen LogP contribution is 2.18. The first kappa shape index (κ1) is 17.6. The third kappa shape index (κ3) is 4.67. The Labute approximate surface area is 154 Å². The predicted molar refractivity (Wildman–Crippen MR) is 104 cm³/mol. The average Bonchev–Trinajstić information content (AvgIpc) is 2.66. The van der Waals surface area contributed by atoms with Crippen LogP contribution in [0, 0.1) is 6.92 Å². The van der Waals surface area contributed by atoms with Crippen LogP contribution in [-0.4, -0.2) is 11.0 Å². The van der Waals surface area contributed by atoms with E-state index in [1.165, 1.54) is 11.1 Å². The Bertz CT molecular complexity index is 912. The largest absolute Gasteiger partial charge is 0.423 e. The number of esters is 1. The van der Waals surface area contributed by atoms with Crippen LogP contribution in [0.25, 0.3) is 6.08 Å². The van der Waals surface area contributed by atoms with E-state index in [2.05, 4.69) is 23.2 Å². The monoisotopic (exact) mass is 343 g/mol. The van der Waals surface area contributed by atoms with Crippen molar-refractivity contribution in [1.82, 2.24) is 4.98 Å². The Morgan fingerprint density at radius 2 is 1.77 bits per heavy atom. The van der Waals surface area contributed by atoms with Crippen LogP contribution in [0.1, 0.15) is 29.2 Å². The zero-order chi connectivity index (χ0) is 18.4. The van der Waals surface area contributed by atoms with Crippen LogP contribution in [0.4, 0.5) is 0 Å². The fraction of sp³-hybridized carbons (Fsp3) is 0.130. The molecule has 26 heavy (non-hydrogen) atoms. The third-order valence-corrected chi connectivity index (χ3v) is 4.11. The first-order chi connectivity index (χ1) is 12.6. The molecule has 0 spiro atoms. The van der Waals surface area contributed by atoms with E-state index in [0.29, 0.717) is 11.3 Å². The first-order valence-corrected chi connectivity index (χ1v) is 8.56. The number of carbonyl (C=O) groups excluding carboxylic acids is 1. The first-order valence-electron chi connectivity index (χ1n) is 8.56. The zero-order valence-corrected chi connectivity index (χ0v) is 15.0. The Kier molecular flexibility index (Phi) is 5.59. The molecular weight excluding hydrogens is 322 g/mol. The molecular formula is C23H21NO2. The van der Waals surface area contributed by atoms with Gasteiger partial charge in [0, 0.05) is 18.0 Å². The minimum Gasteiger partial charge on any atom is -0.423 e. The maximum Gasteiger partial charge on any atom is 0.339 e. The lowest BCUT2D eigenvalue weighted by atomic mass is 10.0. The summed E-state index contributed by atoms with van der Waals surface area (Å²) in [5.74, 6) is 0.260. The van der Waals surface area contributed by atoms with Crippen LogP contribution < -0.4 is 4.74 Å². The number of para-hydroxylation sites is 1. The van der Waals surface area contributed by atoms with Crippen molar-refractivity contribution < 1.29 is 9.53 Å². The lowest BCUT2D eigenvalue weighted by molar-refractivity contribution is -0.130. The Hall–Kier alpha value is -3.20. The maximum absolute atomic E-state index is 12.3. The molecule has 0 aliphatic rings. The van der Waals surface area contributed by atoms with Crippen molar-refractivity contribution in [2.75, 3.05) is 0 Å². The normalized spacial score (nSPS) is 11.2. The molecule has 130 valence electrons. The topological polar surface area (TPSA) is 39.2 Å². The Morgan fingerprint density at radius 1 is 1.00 bits per heavy atom. The smallest absolute Gasteiger partial charge is 0.339 e. The fourth-order valence-electron chi connectivity index (χ4n) is 2.63. The second kappa shape index (κ2) is 8.26. The van der Waals surface area contributed by atoms with Crippen LogP contribution >= 0.6 is 0 Å². The average molecular weight is 343 g/mol. The molecule has 3 rings (SSSR count). The van der Waals surface area contributed by atoms with E-state index in [-0.39, 0.29) is 5.97 Å². The Balaban J connectivity index is 1.67. The van der Waals surface area contributed by atoms with Gasteiger partial charge in [-0.3, -0.25) is 4.98 Å². The summed E-state index contributed by atoms with van der Waals surface area (Å²) in [6.07, 6.45) is 6.33. The molecule has 1 heterocycles. The van der Waals surface area contributed by atoms with Crippen molar-refractivity contribution in [3.05, 3.63) is 101 Å². The number of benzene rings is 2. The fourth-order valence-corrected chi connectivity index (χ4v) is 2.63.